The zero-order valence-corrected chi connectivity index (χ0v) is 18.2. The molecule has 0 radical (unpaired) electrons. The highest BCUT2D eigenvalue weighted by atomic mass is 35.5. The molecule has 0 spiro atoms. The van der Waals surface area contributed by atoms with Crippen molar-refractivity contribution in [2.45, 2.75) is 0 Å². The number of rotatable bonds is 5. The summed E-state index contributed by atoms with van der Waals surface area (Å²) in [4.78, 5) is 26.1. The van der Waals surface area contributed by atoms with Gasteiger partial charge in [0.2, 0.25) is 0 Å². The van der Waals surface area contributed by atoms with E-state index in [1.807, 2.05) is 0 Å². The number of halogens is 2. The second-order valence-corrected chi connectivity index (χ2v) is 7.76. The first-order chi connectivity index (χ1) is 15.5. The third-order valence-electron chi connectivity index (χ3n) is 4.53. The number of anilines is 2. The molecule has 0 saturated carbocycles. The van der Waals surface area contributed by atoms with Crippen LogP contribution in [0.1, 0.15) is 5.56 Å². The van der Waals surface area contributed by atoms with Crippen LogP contribution in [0.5, 0.6) is 11.5 Å². The first kappa shape index (κ1) is 21.7. The van der Waals surface area contributed by atoms with Crippen LogP contribution in [0, 0.1) is 0 Å². The van der Waals surface area contributed by atoms with Crippen molar-refractivity contribution in [3.8, 4) is 11.5 Å². The Morgan fingerprint density at radius 1 is 0.750 bits per heavy atom. The molecule has 0 aromatic heterocycles. The summed E-state index contributed by atoms with van der Waals surface area (Å²) in [6, 6.07) is 18.5. The molecule has 8 heteroatoms. The van der Waals surface area contributed by atoms with Gasteiger partial charge in [0.05, 0.1) is 0 Å². The highest BCUT2D eigenvalue weighted by Crippen LogP contribution is 2.31. The number of benzene rings is 3. The quantitative estimate of drug-likeness (QED) is 0.297. The van der Waals surface area contributed by atoms with Crippen molar-refractivity contribution < 1.29 is 19.1 Å². The third kappa shape index (κ3) is 5.41. The standard InChI is InChI=1S/C24H18Cl2N2O4/c25-16-3-1-5-18(13-16)27-23(29)20(24(30)28-19-6-2-4-17(26)14-19)11-15-7-8-21-22(12-15)32-10-9-31-21/h1-8,11-14H,9-10H2,(H,27,29)(H,28,30). The Kier molecular flexibility index (Phi) is 6.63. The minimum atomic E-state index is -0.596. The van der Waals surface area contributed by atoms with Crippen molar-refractivity contribution in [3.05, 3.63) is 87.9 Å². The highest BCUT2D eigenvalue weighted by molar-refractivity contribution is 6.32. The largest absolute Gasteiger partial charge is 0.486 e. The summed E-state index contributed by atoms with van der Waals surface area (Å²) in [6.07, 6.45) is 1.48. The van der Waals surface area contributed by atoms with Crippen LogP contribution < -0.4 is 20.1 Å². The Hall–Kier alpha value is -3.48. The Bertz CT molecular complexity index is 1150. The van der Waals surface area contributed by atoms with E-state index in [0.717, 1.165) is 0 Å². The molecule has 4 rings (SSSR count). The van der Waals surface area contributed by atoms with Gasteiger partial charge in [-0.05, 0) is 60.2 Å². The summed E-state index contributed by atoms with van der Waals surface area (Å²) in [5.74, 6) is -0.0278. The van der Waals surface area contributed by atoms with Gasteiger partial charge < -0.3 is 20.1 Å². The number of carbonyl (C=O) groups excluding carboxylic acids is 2. The fourth-order valence-electron chi connectivity index (χ4n) is 3.08. The molecule has 0 aliphatic carbocycles. The lowest BCUT2D eigenvalue weighted by atomic mass is 10.1. The van der Waals surface area contributed by atoms with E-state index in [2.05, 4.69) is 10.6 Å². The monoisotopic (exact) mass is 468 g/mol. The zero-order chi connectivity index (χ0) is 22.5. The first-order valence-corrected chi connectivity index (χ1v) is 10.5. The molecule has 2 N–H and O–H groups in total. The lowest BCUT2D eigenvalue weighted by molar-refractivity contribution is -0.118. The first-order valence-electron chi connectivity index (χ1n) is 9.73. The lowest BCUT2D eigenvalue weighted by Gasteiger charge is -2.18. The summed E-state index contributed by atoms with van der Waals surface area (Å²) in [5, 5.41) is 6.34. The summed E-state index contributed by atoms with van der Waals surface area (Å²) in [6.45, 7) is 0.898. The molecule has 6 nitrogen and oxygen atoms in total. The van der Waals surface area contributed by atoms with Crippen LogP contribution in [0.15, 0.2) is 72.3 Å². The van der Waals surface area contributed by atoms with Crippen molar-refractivity contribution in [2.24, 2.45) is 0 Å². The van der Waals surface area contributed by atoms with Gasteiger partial charge in [0.15, 0.2) is 11.5 Å². The molecular weight excluding hydrogens is 451 g/mol. The predicted molar refractivity (Wildman–Crippen MR) is 126 cm³/mol. The number of hydrogen-bond acceptors (Lipinski definition) is 4. The van der Waals surface area contributed by atoms with Crippen molar-refractivity contribution in [1.82, 2.24) is 0 Å². The number of nitrogens with one attached hydrogen (secondary N) is 2. The molecule has 1 aliphatic rings. The molecule has 0 unspecified atom stereocenters. The fraction of sp³-hybridized carbons (Fsp3) is 0.0833. The van der Waals surface area contributed by atoms with E-state index < -0.39 is 11.8 Å². The van der Waals surface area contributed by atoms with Crippen molar-refractivity contribution in [2.75, 3.05) is 23.8 Å². The maximum atomic E-state index is 13.1. The van der Waals surface area contributed by atoms with Gasteiger partial charge >= 0.3 is 0 Å². The Labute approximate surface area is 194 Å². The molecule has 1 heterocycles. The average molecular weight is 469 g/mol. The smallest absolute Gasteiger partial charge is 0.261 e. The van der Waals surface area contributed by atoms with Crippen LogP contribution >= 0.6 is 23.2 Å². The predicted octanol–water partition coefficient (Wildman–Crippen LogP) is 5.43. The Balaban J connectivity index is 1.65. The van der Waals surface area contributed by atoms with Gasteiger partial charge in [0.1, 0.15) is 18.8 Å². The van der Waals surface area contributed by atoms with Crippen molar-refractivity contribution in [1.29, 1.82) is 0 Å². The molecule has 162 valence electrons. The number of amides is 2. The number of fused-ring (bicyclic) bond motifs is 1. The van der Waals surface area contributed by atoms with Crippen LogP contribution in [0.25, 0.3) is 6.08 Å². The van der Waals surface area contributed by atoms with Gasteiger partial charge in [-0.25, -0.2) is 0 Å². The van der Waals surface area contributed by atoms with Crippen LogP contribution in [0.3, 0.4) is 0 Å². The van der Waals surface area contributed by atoms with Crippen LogP contribution in [-0.2, 0) is 9.59 Å². The molecule has 2 amide bonds. The minimum absolute atomic E-state index is 0.110. The molecule has 0 bridgehead atoms. The summed E-state index contributed by atoms with van der Waals surface area (Å²) in [7, 11) is 0. The van der Waals surface area contributed by atoms with Crippen LogP contribution in [0.2, 0.25) is 10.0 Å². The SMILES string of the molecule is O=C(Nc1cccc(Cl)c1)C(=Cc1ccc2c(c1)OCCO2)C(=O)Nc1cccc(Cl)c1. The van der Waals surface area contributed by atoms with E-state index >= 15 is 0 Å². The van der Waals surface area contributed by atoms with E-state index in [0.29, 0.717) is 51.7 Å². The van der Waals surface area contributed by atoms with Gasteiger partial charge in [0.25, 0.3) is 11.8 Å². The molecule has 0 atom stereocenters. The molecule has 1 aliphatic heterocycles. The third-order valence-corrected chi connectivity index (χ3v) is 5.00. The highest BCUT2D eigenvalue weighted by Gasteiger charge is 2.20. The second-order valence-electron chi connectivity index (χ2n) is 6.89. The van der Waals surface area contributed by atoms with Gasteiger partial charge in [-0.15, -0.1) is 0 Å². The molecule has 0 saturated heterocycles. The van der Waals surface area contributed by atoms with E-state index in [-0.39, 0.29) is 5.57 Å². The van der Waals surface area contributed by atoms with E-state index in [1.165, 1.54) is 6.08 Å². The summed E-state index contributed by atoms with van der Waals surface area (Å²) >= 11 is 12.0. The maximum Gasteiger partial charge on any atom is 0.261 e. The average Bonchev–Trinajstić information content (AvgIpc) is 2.77. The van der Waals surface area contributed by atoms with E-state index in [1.54, 1.807) is 66.7 Å². The minimum Gasteiger partial charge on any atom is -0.486 e. The zero-order valence-electron chi connectivity index (χ0n) is 16.7. The molecule has 3 aromatic rings. The van der Waals surface area contributed by atoms with Crippen LogP contribution in [-0.4, -0.2) is 25.0 Å². The van der Waals surface area contributed by atoms with Crippen LogP contribution in [0.4, 0.5) is 11.4 Å². The maximum absolute atomic E-state index is 13.1. The van der Waals surface area contributed by atoms with Gasteiger partial charge in [-0.1, -0.05) is 41.4 Å². The number of ether oxygens (including phenoxy) is 2. The molecule has 3 aromatic carbocycles. The van der Waals surface area contributed by atoms with Gasteiger partial charge in [0, 0.05) is 21.4 Å². The van der Waals surface area contributed by atoms with Crippen molar-refractivity contribution in [3.63, 3.8) is 0 Å². The normalized spacial score (nSPS) is 11.9. The van der Waals surface area contributed by atoms with Gasteiger partial charge in [-0.3, -0.25) is 9.59 Å². The van der Waals surface area contributed by atoms with Gasteiger partial charge in [-0.2, -0.15) is 0 Å². The number of carbonyl (C=O) groups is 2. The molecule has 0 fully saturated rings. The second kappa shape index (κ2) is 9.77. The summed E-state index contributed by atoms with van der Waals surface area (Å²) < 4.78 is 11.1. The summed E-state index contributed by atoms with van der Waals surface area (Å²) in [5.41, 5.74) is 1.42. The Morgan fingerprint density at radius 2 is 1.31 bits per heavy atom. The molecular formula is C24H18Cl2N2O4. The molecule has 32 heavy (non-hydrogen) atoms. The van der Waals surface area contributed by atoms with Crippen molar-refractivity contribution >= 4 is 52.5 Å². The van der Waals surface area contributed by atoms with E-state index in [4.69, 9.17) is 32.7 Å². The fourth-order valence-corrected chi connectivity index (χ4v) is 3.46. The lowest BCUT2D eigenvalue weighted by Crippen LogP contribution is -2.25. The number of hydrogen-bond donors (Lipinski definition) is 2. The van der Waals surface area contributed by atoms with E-state index in [9.17, 15) is 9.59 Å². The Morgan fingerprint density at radius 3 is 1.88 bits per heavy atom. The topological polar surface area (TPSA) is 76.7 Å².